The summed E-state index contributed by atoms with van der Waals surface area (Å²) >= 11 is 5.91. The molecular weight excluding hydrogens is 312 g/mol. The molecule has 4 nitrogen and oxygen atoms in total. The molecule has 1 atom stereocenters. The Bertz CT molecular complexity index is 732. The number of benzene rings is 1. The van der Waals surface area contributed by atoms with Gasteiger partial charge in [0.15, 0.2) is 5.78 Å². The second-order valence-electron chi connectivity index (χ2n) is 5.67. The molecule has 1 aromatic carbocycles. The van der Waals surface area contributed by atoms with Gasteiger partial charge in [-0.2, -0.15) is 0 Å². The summed E-state index contributed by atoms with van der Waals surface area (Å²) < 4.78 is 0. The van der Waals surface area contributed by atoms with Gasteiger partial charge in [-0.1, -0.05) is 30.7 Å². The Morgan fingerprint density at radius 2 is 1.83 bits per heavy atom. The average molecular weight is 333 g/mol. The molecular formula is C18H21ClN2O2. The lowest BCUT2D eigenvalue weighted by molar-refractivity contribution is 0.0930. The predicted octanol–water partition coefficient (Wildman–Crippen LogP) is 4.37. The highest BCUT2D eigenvalue weighted by molar-refractivity contribution is 6.30. The van der Waals surface area contributed by atoms with Crippen LogP contribution < -0.4 is 5.32 Å². The summed E-state index contributed by atoms with van der Waals surface area (Å²) in [5, 5.41) is 3.68. The number of halogens is 1. The van der Waals surface area contributed by atoms with Crippen LogP contribution in [-0.4, -0.2) is 16.7 Å². The third-order valence-electron chi connectivity index (χ3n) is 4.00. The van der Waals surface area contributed by atoms with Crippen molar-refractivity contribution in [3.63, 3.8) is 0 Å². The number of hydrogen-bond acceptors (Lipinski definition) is 2. The van der Waals surface area contributed by atoms with Crippen LogP contribution in [0.5, 0.6) is 0 Å². The van der Waals surface area contributed by atoms with Crippen LogP contribution in [0.2, 0.25) is 5.02 Å². The van der Waals surface area contributed by atoms with E-state index < -0.39 is 0 Å². The number of carbonyl (C=O) groups excluding carboxylic acids is 2. The van der Waals surface area contributed by atoms with Gasteiger partial charge in [-0.05, 0) is 50.5 Å². The van der Waals surface area contributed by atoms with E-state index in [4.69, 9.17) is 11.6 Å². The van der Waals surface area contributed by atoms with Crippen molar-refractivity contribution in [1.29, 1.82) is 0 Å². The first kappa shape index (κ1) is 17.3. The van der Waals surface area contributed by atoms with Gasteiger partial charge in [0.05, 0.1) is 6.04 Å². The molecule has 5 heteroatoms. The van der Waals surface area contributed by atoms with E-state index in [2.05, 4.69) is 10.3 Å². The molecule has 2 rings (SSSR count). The van der Waals surface area contributed by atoms with Gasteiger partial charge in [0.2, 0.25) is 0 Å². The van der Waals surface area contributed by atoms with Gasteiger partial charge < -0.3 is 10.3 Å². The lowest BCUT2D eigenvalue weighted by Crippen LogP contribution is -2.29. The fraction of sp³-hybridized carbons (Fsp3) is 0.333. The monoisotopic (exact) mass is 332 g/mol. The first-order valence-electron chi connectivity index (χ1n) is 7.61. The minimum Gasteiger partial charge on any atom is -0.354 e. The highest BCUT2D eigenvalue weighted by atomic mass is 35.5. The van der Waals surface area contributed by atoms with Gasteiger partial charge in [-0.15, -0.1) is 0 Å². The van der Waals surface area contributed by atoms with Gasteiger partial charge in [-0.25, -0.2) is 0 Å². The molecule has 122 valence electrons. The minimum atomic E-state index is -0.208. The van der Waals surface area contributed by atoms with Crippen molar-refractivity contribution in [2.24, 2.45) is 0 Å². The number of Topliss-reactive ketones (excluding diaryl/α,β-unsaturated/α-hetero) is 1. The molecule has 23 heavy (non-hydrogen) atoms. The van der Waals surface area contributed by atoms with Crippen molar-refractivity contribution in [1.82, 2.24) is 10.3 Å². The second-order valence-corrected chi connectivity index (χ2v) is 6.10. The molecule has 1 heterocycles. The summed E-state index contributed by atoms with van der Waals surface area (Å²) in [5.74, 6) is -0.250. The van der Waals surface area contributed by atoms with E-state index in [1.807, 2.05) is 31.2 Å². The molecule has 0 aliphatic rings. The van der Waals surface area contributed by atoms with Gasteiger partial charge in [0.1, 0.15) is 5.69 Å². The van der Waals surface area contributed by atoms with Gasteiger partial charge in [-0.3, -0.25) is 9.59 Å². The minimum absolute atomic E-state index is 0.0416. The van der Waals surface area contributed by atoms with Gasteiger partial charge >= 0.3 is 0 Å². The van der Waals surface area contributed by atoms with Crippen LogP contribution in [0.15, 0.2) is 24.3 Å². The van der Waals surface area contributed by atoms with Crippen LogP contribution in [0, 0.1) is 13.8 Å². The van der Waals surface area contributed by atoms with Crippen molar-refractivity contribution < 1.29 is 9.59 Å². The van der Waals surface area contributed by atoms with E-state index in [9.17, 15) is 9.59 Å². The molecule has 0 radical (unpaired) electrons. The molecule has 1 unspecified atom stereocenters. The molecule has 0 aliphatic heterocycles. The zero-order chi connectivity index (χ0) is 17.1. The van der Waals surface area contributed by atoms with Crippen molar-refractivity contribution in [3.05, 3.63) is 57.4 Å². The third kappa shape index (κ3) is 3.64. The van der Waals surface area contributed by atoms with Crippen LogP contribution in [0.4, 0.5) is 0 Å². The van der Waals surface area contributed by atoms with E-state index in [0.29, 0.717) is 21.8 Å². The Morgan fingerprint density at radius 3 is 2.30 bits per heavy atom. The topological polar surface area (TPSA) is 62.0 Å². The Labute approximate surface area is 141 Å². The standard InChI is InChI=1S/C18H21ClN2O2/c1-5-15(13-6-8-14(19)9-7-13)21-18(23)17-10(2)16(12(4)22)11(3)20-17/h6-9,15,20H,5H2,1-4H3,(H,21,23). The summed E-state index contributed by atoms with van der Waals surface area (Å²) in [6, 6.07) is 7.33. The maximum absolute atomic E-state index is 12.6. The third-order valence-corrected chi connectivity index (χ3v) is 4.25. The number of H-pyrrole nitrogens is 1. The number of nitrogens with one attached hydrogen (secondary N) is 2. The van der Waals surface area contributed by atoms with E-state index in [0.717, 1.165) is 17.7 Å². The Kier molecular flexibility index (Phi) is 5.26. The first-order valence-corrected chi connectivity index (χ1v) is 7.99. The van der Waals surface area contributed by atoms with Gasteiger partial charge in [0.25, 0.3) is 5.91 Å². The van der Waals surface area contributed by atoms with E-state index >= 15 is 0 Å². The highest BCUT2D eigenvalue weighted by Crippen LogP contribution is 2.22. The molecule has 2 N–H and O–H groups in total. The number of aromatic nitrogens is 1. The second kappa shape index (κ2) is 7.01. The zero-order valence-corrected chi connectivity index (χ0v) is 14.5. The molecule has 0 bridgehead atoms. The lowest BCUT2D eigenvalue weighted by Gasteiger charge is -2.17. The van der Waals surface area contributed by atoms with E-state index in [-0.39, 0.29) is 17.7 Å². The molecule has 2 aromatic rings. The SMILES string of the molecule is CCC(NC(=O)c1[nH]c(C)c(C(C)=O)c1C)c1ccc(Cl)cc1. The summed E-state index contributed by atoms with van der Waals surface area (Å²) in [6.45, 7) is 7.11. The summed E-state index contributed by atoms with van der Waals surface area (Å²) in [4.78, 5) is 27.3. The number of ketones is 1. The number of rotatable bonds is 5. The maximum atomic E-state index is 12.6. The number of amides is 1. The smallest absolute Gasteiger partial charge is 0.268 e. The Hall–Kier alpha value is -2.07. The molecule has 1 amide bonds. The lowest BCUT2D eigenvalue weighted by atomic mass is 10.0. The average Bonchev–Trinajstić information content (AvgIpc) is 2.80. The maximum Gasteiger partial charge on any atom is 0.268 e. The van der Waals surface area contributed by atoms with Crippen LogP contribution >= 0.6 is 11.6 Å². The van der Waals surface area contributed by atoms with E-state index in [1.165, 1.54) is 6.92 Å². The zero-order valence-electron chi connectivity index (χ0n) is 13.8. The van der Waals surface area contributed by atoms with Crippen LogP contribution in [0.25, 0.3) is 0 Å². The van der Waals surface area contributed by atoms with Crippen LogP contribution in [0.3, 0.4) is 0 Å². The normalized spacial score (nSPS) is 12.0. The Morgan fingerprint density at radius 1 is 1.22 bits per heavy atom. The molecule has 0 fully saturated rings. The number of hydrogen-bond donors (Lipinski definition) is 2. The van der Waals surface area contributed by atoms with Crippen molar-refractivity contribution >= 4 is 23.3 Å². The number of carbonyl (C=O) groups is 2. The summed E-state index contributed by atoms with van der Waals surface area (Å²) in [7, 11) is 0. The quantitative estimate of drug-likeness (QED) is 0.799. The number of aryl methyl sites for hydroxylation is 1. The van der Waals surface area contributed by atoms with Crippen molar-refractivity contribution in [2.45, 2.75) is 40.2 Å². The molecule has 0 spiro atoms. The summed E-state index contributed by atoms with van der Waals surface area (Å²) in [5.41, 5.74) is 3.45. The van der Waals surface area contributed by atoms with E-state index in [1.54, 1.807) is 13.8 Å². The molecule has 0 saturated carbocycles. The Balaban J connectivity index is 2.25. The fourth-order valence-electron chi connectivity index (χ4n) is 2.85. The first-order chi connectivity index (χ1) is 10.8. The summed E-state index contributed by atoms with van der Waals surface area (Å²) in [6.07, 6.45) is 0.756. The molecule has 1 aromatic heterocycles. The largest absolute Gasteiger partial charge is 0.354 e. The number of aromatic amines is 1. The fourth-order valence-corrected chi connectivity index (χ4v) is 2.98. The predicted molar refractivity (Wildman–Crippen MR) is 92.2 cm³/mol. The van der Waals surface area contributed by atoms with Crippen molar-refractivity contribution in [3.8, 4) is 0 Å². The molecule has 0 saturated heterocycles. The van der Waals surface area contributed by atoms with Gasteiger partial charge in [0, 0.05) is 16.3 Å². The van der Waals surface area contributed by atoms with Crippen LogP contribution in [-0.2, 0) is 0 Å². The van der Waals surface area contributed by atoms with Crippen molar-refractivity contribution in [2.75, 3.05) is 0 Å². The van der Waals surface area contributed by atoms with Crippen LogP contribution in [0.1, 0.15) is 64.0 Å². The molecule has 0 aliphatic carbocycles. The highest BCUT2D eigenvalue weighted by Gasteiger charge is 2.21.